The number of methoxy groups -OCH3 is 1. The van der Waals surface area contributed by atoms with Crippen LogP contribution in [0.1, 0.15) is 29.7 Å². The number of hydrogen-bond acceptors (Lipinski definition) is 8. The van der Waals surface area contributed by atoms with Crippen molar-refractivity contribution in [2.24, 2.45) is 0 Å². The van der Waals surface area contributed by atoms with Gasteiger partial charge in [0.2, 0.25) is 0 Å². The highest BCUT2D eigenvalue weighted by molar-refractivity contribution is 7.22. The Morgan fingerprint density at radius 3 is 2.83 bits per heavy atom. The second-order valence-electron chi connectivity index (χ2n) is 8.74. The van der Waals surface area contributed by atoms with Crippen LogP contribution < -0.4 is 14.4 Å². The van der Waals surface area contributed by atoms with Gasteiger partial charge >= 0.3 is 5.91 Å². The van der Waals surface area contributed by atoms with Gasteiger partial charge < -0.3 is 14.6 Å². The van der Waals surface area contributed by atoms with Gasteiger partial charge in [0, 0.05) is 24.4 Å². The molecule has 1 fully saturated rings. The number of benzene rings is 2. The van der Waals surface area contributed by atoms with Crippen molar-refractivity contribution < 1.29 is 24.2 Å². The van der Waals surface area contributed by atoms with Gasteiger partial charge in [0.25, 0.3) is 5.78 Å². The highest BCUT2D eigenvalue weighted by Crippen LogP contribution is 2.45. The molecular weight excluding hydrogens is 478 g/mol. The number of nitrogens with zero attached hydrogens (tertiary/aromatic N) is 3. The van der Waals surface area contributed by atoms with Crippen LogP contribution in [0.3, 0.4) is 0 Å². The molecule has 4 aromatic rings. The van der Waals surface area contributed by atoms with Crippen molar-refractivity contribution in [2.75, 3.05) is 12.0 Å². The van der Waals surface area contributed by atoms with E-state index in [1.165, 1.54) is 16.2 Å². The van der Waals surface area contributed by atoms with Gasteiger partial charge in [-0.2, -0.15) is 0 Å². The smallest absolute Gasteiger partial charge is 0.301 e. The monoisotopic (exact) mass is 499 g/mol. The molecule has 180 valence electrons. The predicted molar refractivity (Wildman–Crippen MR) is 135 cm³/mol. The number of aliphatic hydroxyl groups excluding tert-OH is 1. The first-order valence-electron chi connectivity index (χ1n) is 11.4. The van der Waals surface area contributed by atoms with Crippen molar-refractivity contribution in [3.63, 3.8) is 0 Å². The second kappa shape index (κ2) is 8.46. The summed E-state index contributed by atoms with van der Waals surface area (Å²) in [6.07, 6.45) is 3.94. The van der Waals surface area contributed by atoms with Crippen LogP contribution in [0.15, 0.2) is 66.5 Å². The summed E-state index contributed by atoms with van der Waals surface area (Å²) in [5.74, 6) is -0.348. The molecule has 1 N–H and O–H groups in total. The zero-order valence-corrected chi connectivity index (χ0v) is 20.3. The molecule has 2 aromatic heterocycles. The molecule has 4 heterocycles. The molecule has 1 saturated heterocycles. The standard InChI is InChI=1S/C27H21N3O5S/c1-14-10-17-11-15(5-8-20(17)35-14)24(31)22-23(16-4-3-9-28-13-16)30(26(33)25(22)32)27-29-19-7-6-18(34-2)12-21(19)36-27/h3-9,11-14,23,31H,10H2,1-2H3. The van der Waals surface area contributed by atoms with Crippen molar-refractivity contribution in [1.29, 1.82) is 0 Å². The molecule has 9 heteroatoms. The van der Waals surface area contributed by atoms with Crippen molar-refractivity contribution >= 4 is 44.1 Å². The third-order valence-corrected chi connectivity index (χ3v) is 7.42. The Bertz CT molecular complexity index is 1560. The molecule has 2 atom stereocenters. The first kappa shape index (κ1) is 22.2. The number of ketones is 1. The van der Waals surface area contributed by atoms with E-state index in [1.54, 1.807) is 55.9 Å². The van der Waals surface area contributed by atoms with Crippen LogP contribution in [0, 0.1) is 0 Å². The van der Waals surface area contributed by atoms with Gasteiger partial charge in [0.15, 0.2) is 5.13 Å². The van der Waals surface area contributed by atoms with Gasteiger partial charge in [0.1, 0.15) is 23.4 Å². The number of rotatable bonds is 4. The highest BCUT2D eigenvalue weighted by Gasteiger charge is 2.48. The van der Waals surface area contributed by atoms with E-state index in [2.05, 4.69) is 9.97 Å². The number of aromatic nitrogens is 2. The van der Waals surface area contributed by atoms with Gasteiger partial charge in [-0.25, -0.2) is 4.98 Å². The number of hydrogen-bond donors (Lipinski definition) is 1. The van der Waals surface area contributed by atoms with E-state index in [-0.39, 0.29) is 17.4 Å². The topological polar surface area (TPSA) is 102 Å². The molecule has 6 rings (SSSR count). The summed E-state index contributed by atoms with van der Waals surface area (Å²) in [6, 6.07) is 13.3. The fraction of sp³-hybridized carbons (Fsp3) is 0.185. The number of fused-ring (bicyclic) bond motifs is 2. The Morgan fingerprint density at radius 2 is 2.06 bits per heavy atom. The van der Waals surface area contributed by atoms with Gasteiger partial charge in [-0.15, -0.1) is 0 Å². The number of carbonyl (C=O) groups is 2. The number of Topliss-reactive ketones (excluding diaryl/α,β-unsaturated/α-hetero) is 1. The molecule has 0 bridgehead atoms. The summed E-state index contributed by atoms with van der Waals surface area (Å²) in [7, 11) is 1.58. The number of thiazole rings is 1. The van der Waals surface area contributed by atoms with Crippen LogP contribution in [-0.2, 0) is 16.0 Å². The third-order valence-electron chi connectivity index (χ3n) is 6.40. The number of carbonyl (C=O) groups excluding carboxylic acids is 2. The summed E-state index contributed by atoms with van der Waals surface area (Å²) in [5.41, 5.74) is 2.66. The Kier molecular flexibility index (Phi) is 5.22. The maximum Gasteiger partial charge on any atom is 0.301 e. The molecule has 2 aromatic carbocycles. The average molecular weight is 500 g/mol. The average Bonchev–Trinajstić information content (AvgIpc) is 3.55. The van der Waals surface area contributed by atoms with Crippen LogP contribution in [0.2, 0.25) is 0 Å². The van der Waals surface area contributed by atoms with Gasteiger partial charge in [-0.05, 0) is 60.5 Å². The lowest BCUT2D eigenvalue weighted by Gasteiger charge is -2.22. The molecule has 1 amide bonds. The van der Waals surface area contributed by atoms with Crippen LogP contribution in [0.5, 0.6) is 11.5 Å². The number of anilines is 1. The summed E-state index contributed by atoms with van der Waals surface area (Å²) >= 11 is 1.27. The van der Waals surface area contributed by atoms with E-state index in [0.717, 1.165) is 16.0 Å². The largest absolute Gasteiger partial charge is 0.507 e. The van der Waals surface area contributed by atoms with Crippen LogP contribution in [-0.4, -0.2) is 40.0 Å². The second-order valence-corrected chi connectivity index (χ2v) is 9.75. The van der Waals surface area contributed by atoms with E-state index in [4.69, 9.17) is 9.47 Å². The lowest BCUT2D eigenvalue weighted by Crippen LogP contribution is -2.29. The maximum atomic E-state index is 13.4. The van der Waals surface area contributed by atoms with Crippen molar-refractivity contribution in [1.82, 2.24) is 9.97 Å². The Hall–Kier alpha value is -4.24. The van der Waals surface area contributed by atoms with E-state index in [9.17, 15) is 14.7 Å². The van der Waals surface area contributed by atoms with E-state index >= 15 is 0 Å². The first-order valence-corrected chi connectivity index (χ1v) is 12.2. The van der Waals surface area contributed by atoms with Gasteiger partial charge in [-0.3, -0.25) is 19.5 Å². The molecular formula is C27H21N3O5S. The first-order chi connectivity index (χ1) is 17.4. The highest BCUT2D eigenvalue weighted by atomic mass is 32.1. The van der Waals surface area contributed by atoms with E-state index in [1.807, 2.05) is 19.1 Å². The minimum absolute atomic E-state index is 0.00301. The summed E-state index contributed by atoms with van der Waals surface area (Å²) in [4.78, 5) is 37.0. The van der Waals surface area contributed by atoms with Crippen molar-refractivity contribution in [3.05, 3.63) is 83.2 Å². The SMILES string of the molecule is COc1ccc2nc(N3C(=O)C(=O)C(=C(O)c4ccc5c(c4)CC(C)O5)C3c3cccnc3)sc2c1. The van der Waals surface area contributed by atoms with E-state index in [0.29, 0.717) is 33.9 Å². The fourth-order valence-corrected chi connectivity index (χ4v) is 5.75. The fourth-order valence-electron chi connectivity index (χ4n) is 4.73. The van der Waals surface area contributed by atoms with Crippen molar-refractivity contribution in [2.45, 2.75) is 25.5 Å². The third kappa shape index (κ3) is 3.51. The molecule has 2 unspecified atom stereocenters. The zero-order chi connectivity index (χ0) is 25.0. The van der Waals surface area contributed by atoms with Crippen molar-refractivity contribution in [3.8, 4) is 11.5 Å². The minimum Gasteiger partial charge on any atom is -0.507 e. The molecule has 2 aliphatic rings. The van der Waals surface area contributed by atoms with Crippen LogP contribution >= 0.6 is 11.3 Å². The Morgan fingerprint density at radius 1 is 1.19 bits per heavy atom. The summed E-state index contributed by atoms with van der Waals surface area (Å²) < 4.78 is 11.9. The summed E-state index contributed by atoms with van der Waals surface area (Å²) in [6.45, 7) is 1.97. The lowest BCUT2D eigenvalue weighted by atomic mass is 9.95. The molecule has 0 radical (unpaired) electrons. The molecule has 2 aliphatic heterocycles. The number of ether oxygens (including phenoxy) is 2. The normalized spacial score (nSPS) is 20.6. The van der Waals surface area contributed by atoms with E-state index < -0.39 is 17.7 Å². The maximum absolute atomic E-state index is 13.4. The van der Waals surface area contributed by atoms with Gasteiger partial charge in [-0.1, -0.05) is 17.4 Å². The van der Waals surface area contributed by atoms with Gasteiger partial charge in [0.05, 0.1) is 28.9 Å². The Balaban J connectivity index is 1.52. The molecule has 8 nitrogen and oxygen atoms in total. The van der Waals surface area contributed by atoms with Crippen LogP contribution in [0.25, 0.3) is 16.0 Å². The summed E-state index contributed by atoms with van der Waals surface area (Å²) in [5, 5.41) is 11.7. The number of amides is 1. The predicted octanol–water partition coefficient (Wildman–Crippen LogP) is 4.65. The Labute approximate surface area is 210 Å². The molecule has 0 saturated carbocycles. The van der Waals surface area contributed by atoms with Crippen LogP contribution in [0.4, 0.5) is 5.13 Å². The minimum atomic E-state index is -0.885. The number of aliphatic hydroxyl groups is 1. The quantitative estimate of drug-likeness (QED) is 0.248. The zero-order valence-electron chi connectivity index (χ0n) is 19.5. The molecule has 36 heavy (non-hydrogen) atoms. The molecule has 0 aliphatic carbocycles. The lowest BCUT2D eigenvalue weighted by molar-refractivity contribution is -0.132. The number of pyridine rings is 1. The molecule has 0 spiro atoms.